The highest BCUT2D eigenvalue weighted by Crippen LogP contribution is 2.19. The van der Waals surface area contributed by atoms with E-state index in [-0.39, 0.29) is 5.03 Å². The van der Waals surface area contributed by atoms with Crippen LogP contribution in [0.4, 0.5) is 0 Å². The highest BCUT2D eigenvalue weighted by atomic mass is 35.7. The van der Waals surface area contributed by atoms with Crippen LogP contribution in [0.25, 0.3) is 0 Å². The summed E-state index contributed by atoms with van der Waals surface area (Å²) in [5.41, 5.74) is 0. The molecule has 2 rings (SSSR count). The largest absolute Gasteiger partial charge is 0.378 e. The summed E-state index contributed by atoms with van der Waals surface area (Å²) in [5.74, 6) is 0.756. The lowest BCUT2D eigenvalue weighted by Crippen LogP contribution is -2.08. The van der Waals surface area contributed by atoms with Crippen LogP contribution in [0.5, 0.6) is 0 Å². The molecule has 1 aromatic rings. The third kappa shape index (κ3) is 3.94. The summed E-state index contributed by atoms with van der Waals surface area (Å²) >= 11 is 0. The van der Waals surface area contributed by atoms with Crippen LogP contribution in [0.15, 0.2) is 11.2 Å². The normalized spacial score (nSPS) is 20.0. The lowest BCUT2D eigenvalue weighted by atomic mass is 10.1. The van der Waals surface area contributed by atoms with Gasteiger partial charge in [0, 0.05) is 36.5 Å². The number of halogens is 1. The van der Waals surface area contributed by atoms with E-state index < -0.39 is 9.05 Å². The fourth-order valence-electron chi connectivity index (χ4n) is 2.38. The number of hydrogen-bond donors (Lipinski definition) is 0. The van der Waals surface area contributed by atoms with Crippen molar-refractivity contribution in [1.29, 1.82) is 0 Å². The second kappa shape index (κ2) is 6.24. The van der Waals surface area contributed by atoms with Crippen molar-refractivity contribution >= 4 is 19.7 Å². The van der Waals surface area contributed by atoms with Crippen molar-refractivity contribution < 1.29 is 13.2 Å². The first-order valence-corrected chi connectivity index (χ1v) is 8.94. The Balaban J connectivity index is 1.96. The summed E-state index contributed by atoms with van der Waals surface area (Å²) in [7, 11) is 1.58. The number of aromatic nitrogens is 2. The van der Waals surface area contributed by atoms with Crippen molar-refractivity contribution in [3.05, 3.63) is 12.0 Å². The molecule has 0 amide bonds. The summed E-state index contributed by atoms with van der Waals surface area (Å²) in [6.07, 6.45) is 6.81. The van der Waals surface area contributed by atoms with E-state index in [0.717, 1.165) is 44.7 Å². The second-order valence-corrected chi connectivity index (χ2v) is 7.27. The van der Waals surface area contributed by atoms with Crippen LogP contribution in [0.2, 0.25) is 0 Å². The molecule has 1 unspecified atom stereocenters. The Kier molecular flexibility index (Phi) is 4.86. The van der Waals surface area contributed by atoms with Crippen molar-refractivity contribution in [2.75, 3.05) is 6.61 Å². The third-order valence-corrected chi connectivity index (χ3v) is 4.52. The fourth-order valence-corrected chi connectivity index (χ4v) is 3.07. The van der Waals surface area contributed by atoms with E-state index in [1.54, 1.807) is 0 Å². The molecule has 5 nitrogen and oxygen atoms in total. The minimum absolute atomic E-state index is 0.0527. The van der Waals surface area contributed by atoms with E-state index >= 15 is 0 Å². The highest BCUT2D eigenvalue weighted by molar-refractivity contribution is 8.13. The molecule has 7 heteroatoms. The topological polar surface area (TPSA) is 61.2 Å². The van der Waals surface area contributed by atoms with E-state index in [1.807, 2.05) is 11.5 Å². The number of rotatable bonds is 6. The Morgan fingerprint density at radius 2 is 2.37 bits per heavy atom. The number of aryl methyl sites for hydroxylation is 2. The van der Waals surface area contributed by atoms with Gasteiger partial charge in [0.05, 0.1) is 6.10 Å². The molecule has 108 valence electrons. The number of hydrogen-bond acceptors (Lipinski definition) is 4. The predicted octanol–water partition coefficient (Wildman–Crippen LogP) is 2.33. The maximum atomic E-state index is 11.3. The molecule has 0 bridgehead atoms. The van der Waals surface area contributed by atoms with E-state index in [4.69, 9.17) is 15.4 Å². The van der Waals surface area contributed by atoms with Crippen LogP contribution in [0, 0.1) is 0 Å². The maximum Gasteiger partial charge on any atom is 0.280 e. The van der Waals surface area contributed by atoms with Crippen molar-refractivity contribution in [2.45, 2.75) is 56.7 Å². The third-order valence-electron chi connectivity index (χ3n) is 3.35. The van der Waals surface area contributed by atoms with E-state index in [9.17, 15) is 8.42 Å². The van der Waals surface area contributed by atoms with Gasteiger partial charge in [-0.15, -0.1) is 0 Å². The molecule has 2 heterocycles. The van der Waals surface area contributed by atoms with Gasteiger partial charge in [-0.25, -0.2) is 13.4 Å². The Labute approximate surface area is 118 Å². The standard InChI is InChI=1S/C12H19ClN2O3S/c1-2-11-14-12(19(13,16)17)9-15(11)7-3-5-10-6-4-8-18-10/h9-10H,2-8H2,1H3. The zero-order chi connectivity index (χ0) is 13.9. The summed E-state index contributed by atoms with van der Waals surface area (Å²) in [6, 6.07) is 0. The average molecular weight is 307 g/mol. The minimum Gasteiger partial charge on any atom is -0.378 e. The van der Waals surface area contributed by atoms with Crippen LogP contribution < -0.4 is 0 Å². The molecule has 1 atom stereocenters. The summed E-state index contributed by atoms with van der Waals surface area (Å²) in [4.78, 5) is 4.06. The van der Waals surface area contributed by atoms with Gasteiger partial charge in [0.15, 0.2) is 5.03 Å². The SMILES string of the molecule is CCc1nc(S(=O)(=O)Cl)cn1CCCC1CCCO1. The molecule has 1 aliphatic heterocycles. The van der Waals surface area contributed by atoms with Gasteiger partial charge in [0.25, 0.3) is 9.05 Å². The zero-order valence-electron chi connectivity index (χ0n) is 11.0. The Morgan fingerprint density at radius 3 is 2.95 bits per heavy atom. The zero-order valence-corrected chi connectivity index (χ0v) is 12.6. The molecule has 0 aromatic carbocycles. The molecular formula is C12H19ClN2O3S. The molecule has 1 saturated heterocycles. The van der Waals surface area contributed by atoms with Crippen LogP contribution in [-0.2, 0) is 26.8 Å². The van der Waals surface area contributed by atoms with E-state index in [2.05, 4.69) is 4.98 Å². The predicted molar refractivity (Wildman–Crippen MR) is 72.9 cm³/mol. The second-order valence-electron chi connectivity index (χ2n) is 4.76. The quantitative estimate of drug-likeness (QED) is 0.757. The molecule has 0 radical (unpaired) electrons. The van der Waals surface area contributed by atoms with Gasteiger partial charge < -0.3 is 9.30 Å². The van der Waals surface area contributed by atoms with Crippen LogP contribution in [0.3, 0.4) is 0 Å². The monoisotopic (exact) mass is 306 g/mol. The van der Waals surface area contributed by atoms with Crippen LogP contribution in [-0.4, -0.2) is 30.7 Å². The van der Waals surface area contributed by atoms with Gasteiger partial charge in [-0.1, -0.05) is 6.92 Å². The maximum absolute atomic E-state index is 11.3. The van der Waals surface area contributed by atoms with E-state index in [1.165, 1.54) is 6.20 Å². The van der Waals surface area contributed by atoms with Gasteiger partial charge in [0.1, 0.15) is 5.82 Å². The highest BCUT2D eigenvalue weighted by Gasteiger charge is 2.18. The molecule has 1 fully saturated rings. The fraction of sp³-hybridized carbons (Fsp3) is 0.750. The molecular weight excluding hydrogens is 288 g/mol. The first-order valence-electron chi connectivity index (χ1n) is 6.63. The lowest BCUT2D eigenvalue weighted by molar-refractivity contribution is 0.101. The Hall–Kier alpha value is -0.590. The van der Waals surface area contributed by atoms with Crippen molar-refractivity contribution in [3.63, 3.8) is 0 Å². The summed E-state index contributed by atoms with van der Waals surface area (Å²) in [5, 5.41) is -0.0527. The average Bonchev–Trinajstić information content (AvgIpc) is 2.96. The van der Waals surface area contributed by atoms with Crippen LogP contribution in [0.1, 0.15) is 38.4 Å². The molecule has 0 saturated carbocycles. The smallest absolute Gasteiger partial charge is 0.280 e. The van der Waals surface area contributed by atoms with Crippen molar-refractivity contribution in [1.82, 2.24) is 9.55 Å². The van der Waals surface area contributed by atoms with Gasteiger partial charge in [-0.2, -0.15) is 0 Å². The minimum atomic E-state index is -3.74. The lowest BCUT2D eigenvalue weighted by Gasteiger charge is -2.10. The first kappa shape index (κ1) is 14.8. The molecule has 0 aliphatic carbocycles. The van der Waals surface area contributed by atoms with Crippen molar-refractivity contribution in [2.24, 2.45) is 0 Å². The van der Waals surface area contributed by atoms with Gasteiger partial charge in [-0.05, 0) is 25.7 Å². The molecule has 0 N–H and O–H groups in total. The van der Waals surface area contributed by atoms with E-state index in [0.29, 0.717) is 12.5 Å². The summed E-state index contributed by atoms with van der Waals surface area (Å²) < 4.78 is 30.0. The van der Waals surface area contributed by atoms with Crippen molar-refractivity contribution in [3.8, 4) is 0 Å². The molecule has 1 aromatic heterocycles. The summed E-state index contributed by atoms with van der Waals surface area (Å²) in [6.45, 7) is 3.57. The number of nitrogens with zero attached hydrogens (tertiary/aromatic N) is 2. The first-order chi connectivity index (χ1) is 9.00. The van der Waals surface area contributed by atoms with Crippen LogP contribution >= 0.6 is 10.7 Å². The molecule has 1 aliphatic rings. The Morgan fingerprint density at radius 1 is 1.58 bits per heavy atom. The van der Waals surface area contributed by atoms with Gasteiger partial charge in [0.2, 0.25) is 0 Å². The Bertz CT molecular complexity index is 521. The number of ether oxygens (including phenoxy) is 1. The molecule has 0 spiro atoms. The van der Waals surface area contributed by atoms with Gasteiger partial charge in [-0.3, -0.25) is 0 Å². The number of imidazole rings is 1. The van der Waals surface area contributed by atoms with Gasteiger partial charge >= 0.3 is 0 Å². The molecule has 19 heavy (non-hydrogen) atoms.